The standard InChI is InChI=1S/C11H15BrN2OS/c12-10-4-3-9(16-10)7-13-6-5-11(15)14-8-1-2-8/h3-4,8,13H,1-2,5-7H2,(H,14,15). The molecule has 3 nitrogen and oxygen atoms in total. The van der Waals surface area contributed by atoms with E-state index in [1.807, 2.05) is 6.07 Å². The molecule has 0 aromatic carbocycles. The Morgan fingerprint density at radius 2 is 2.31 bits per heavy atom. The maximum atomic E-state index is 11.4. The fourth-order valence-electron chi connectivity index (χ4n) is 1.39. The van der Waals surface area contributed by atoms with Gasteiger partial charge in [-0.15, -0.1) is 11.3 Å². The van der Waals surface area contributed by atoms with Crippen LogP contribution in [0.2, 0.25) is 0 Å². The number of thiophene rings is 1. The Hall–Kier alpha value is -0.390. The van der Waals surface area contributed by atoms with Gasteiger partial charge in [0.1, 0.15) is 0 Å². The molecule has 0 atom stereocenters. The first kappa shape index (κ1) is 12.1. The summed E-state index contributed by atoms with van der Waals surface area (Å²) in [6.45, 7) is 1.58. The maximum Gasteiger partial charge on any atom is 0.221 e. The maximum absolute atomic E-state index is 11.4. The molecule has 1 aromatic heterocycles. The molecule has 0 spiro atoms. The molecule has 1 heterocycles. The topological polar surface area (TPSA) is 41.1 Å². The predicted molar refractivity (Wildman–Crippen MR) is 69.5 cm³/mol. The molecule has 1 fully saturated rings. The lowest BCUT2D eigenvalue weighted by Crippen LogP contribution is -2.28. The van der Waals surface area contributed by atoms with Crippen molar-refractivity contribution < 1.29 is 4.79 Å². The van der Waals surface area contributed by atoms with Gasteiger partial charge in [0.25, 0.3) is 0 Å². The second-order valence-electron chi connectivity index (χ2n) is 3.97. The van der Waals surface area contributed by atoms with Gasteiger partial charge < -0.3 is 10.6 Å². The van der Waals surface area contributed by atoms with Gasteiger partial charge in [0.05, 0.1) is 3.79 Å². The molecule has 88 valence electrons. The van der Waals surface area contributed by atoms with E-state index in [0.717, 1.165) is 29.7 Å². The fourth-order valence-corrected chi connectivity index (χ4v) is 2.84. The van der Waals surface area contributed by atoms with Gasteiger partial charge in [0, 0.05) is 30.4 Å². The highest BCUT2D eigenvalue weighted by molar-refractivity contribution is 9.11. The molecule has 0 bridgehead atoms. The normalized spacial score (nSPS) is 15.1. The second kappa shape index (κ2) is 5.80. The van der Waals surface area contributed by atoms with Crippen molar-refractivity contribution in [3.63, 3.8) is 0 Å². The van der Waals surface area contributed by atoms with Crippen molar-refractivity contribution in [2.24, 2.45) is 0 Å². The molecule has 1 amide bonds. The van der Waals surface area contributed by atoms with Crippen LogP contribution in [0.15, 0.2) is 15.9 Å². The summed E-state index contributed by atoms with van der Waals surface area (Å²) in [4.78, 5) is 12.6. The highest BCUT2D eigenvalue weighted by Crippen LogP contribution is 2.21. The van der Waals surface area contributed by atoms with E-state index in [9.17, 15) is 4.79 Å². The smallest absolute Gasteiger partial charge is 0.221 e. The van der Waals surface area contributed by atoms with E-state index in [4.69, 9.17) is 0 Å². The monoisotopic (exact) mass is 302 g/mol. The van der Waals surface area contributed by atoms with Crippen molar-refractivity contribution in [1.82, 2.24) is 10.6 Å². The van der Waals surface area contributed by atoms with Crippen LogP contribution in [-0.4, -0.2) is 18.5 Å². The first-order valence-electron chi connectivity index (χ1n) is 5.48. The van der Waals surface area contributed by atoms with Crippen molar-refractivity contribution in [2.75, 3.05) is 6.54 Å². The quantitative estimate of drug-likeness (QED) is 0.792. The van der Waals surface area contributed by atoms with Gasteiger partial charge in [-0.2, -0.15) is 0 Å². The lowest BCUT2D eigenvalue weighted by molar-refractivity contribution is -0.121. The average Bonchev–Trinajstić information content (AvgIpc) is 2.95. The second-order valence-corrected chi connectivity index (χ2v) is 6.52. The van der Waals surface area contributed by atoms with E-state index in [-0.39, 0.29) is 5.91 Å². The largest absolute Gasteiger partial charge is 0.353 e. The summed E-state index contributed by atoms with van der Waals surface area (Å²) in [5.41, 5.74) is 0. The minimum absolute atomic E-state index is 0.169. The molecule has 1 saturated carbocycles. The van der Waals surface area contributed by atoms with Gasteiger partial charge >= 0.3 is 0 Å². The third-order valence-corrected chi connectivity index (χ3v) is 4.02. The number of carbonyl (C=O) groups excluding carboxylic acids is 1. The van der Waals surface area contributed by atoms with Gasteiger partial charge in [-0.25, -0.2) is 0 Å². The van der Waals surface area contributed by atoms with Gasteiger partial charge in [0.2, 0.25) is 5.91 Å². The Labute approximate surface area is 108 Å². The van der Waals surface area contributed by atoms with Gasteiger partial charge in [-0.3, -0.25) is 4.79 Å². The predicted octanol–water partition coefficient (Wildman–Crippen LogP) is 2.27. The van der Waals surface area contributed by atoms with Crippen molar-refractivity contribution in [2.45, 2.75) is 31.8 Å². The Morgan fingerprint density at radius 3 is 2.94 bits per heavy atom. The van der Waals surface area contributed by atoms with Crippen molar-refractivity contribution in [3.05, 3.63) is 20.8 Å². The molecule has 1 aliphatic carbocycles. The van der Waals surface area contributed by atoms with Gasteiger partial charge in [-0.1, -0.05) is 0 Å². The van der Waals surface area contributed by atoms with Crippen molar-refractivity contribution >= 4 is 33.2 Å². The summed E-state index contributed by atoms with van der Waals surface area (Å²) in [5.74, 6) is 0.169. The van der Waals surface area contributed by atoms with Gasteiger partial charge in [-0.05, 0) is 40.9 Å². The highest BCUT2D eigenvalue weighted by atomic mass is 79.9. The summed E-state index contributed by atoms with van der Waals surface area (Å²) in [5, 5.41) is 6.24. The van der Waals surface area contributed by atoms with Crippen LogP contribution in [0.3, 0.4) is 0 Å². The first-order valence-corrected chi connectivity index (χ1v) is 7.09. The van der Waals surface area contributed by atoms with E-state index < -0.39 is 0 Å². The number of rotatable bonds is 6. The number of carbonyl (C=O) groups is 1. The van der Waals surface area contributed by atoms with Crippen molar-refractivity contribution in [3.8, 4) is 0 Å². The zero-order valence-electron chi connectivity index (χ0n) is 8.96. The third kappa shape index (κ3) is 4.23. The van der Waals surface area contributed by atoms with E-state index >= 15 is 0 Å². The summed E-state index contributed by atoms with van der Waals surface area (Å²) < 4.78 is 1.15. The summed E-state index contributed by atoms with van der Waals surface area (Å²) in [6, 6.07) is 4.61. The Bertz CT molecular complexity index is 363. The molecule has 2 N–H and O–H groups in total. The number of nitrogens with one attached hydrogen (secondary N) is 2. The summed E-state index contributed by atoms with van der Waals surface area (Å²) in [6.07, 6.45) is 2.88. The van der Waals surface area contributed by atoms with E-state index in [1.165, 1.54) is 4.88 Å². The van der Waals surface area contributed by atoms with Crippen LogP contribution in [0.4, 0.5) is 0 Å². The molecule has 5 heteroatoms. The molecule has 2 rings (SSSR count). The van der Waals surface area contributed by atoms with Crippen molar-refractivity contribution in [1.29, 1.82) is 0 Å². The summed E-state index contributed by atoms with van der Waals surface area (Å²) in [7, 11) is 0. The zero-order valence-corrected chi connectivity index (χ0v) is 11.4. The Morgan fingerprint density at radius 1 is 1.50 bits per heavy atom. The first-order chi connectivity index (χ1) is 7.74. The van der Waals surface area contributed by atoms with Crippen LogP contribution in [0.25, 0.3) is 0 Å². The SMILES string of the molecule is O=C(CCNCc1ccc(Br)s1)NC1CC1. The van der Waals surface area contributed by atoms with E-state index in [1.54, 1.807) is 11.3 Å². The Kier molecular flexibility index (Phi) is 4.37. The average molecular weight is 303 g/mol. The van der Waals surface area contributed by atoms with E-state index in [0.29, 0.717) is 12.5 Å². The fraction of sp³-hybridized carbons (Fsp3) is 0.545. The van der Waals surface area contributed by atoms with Crippen LogP contribution in [0.5, 0.6) is 0 Å². The van der Waals surface area contributed by atoms with Crippen LogP contribution in [0, 0.1) is 0 Å². The molecule has 1 aromatic rings. The number of halogens is 1. The lowest BCUT2D eigenvalue weighted by Gasteiger charge is -2.04. The number of hydrogen-bond donors (Lipinski definition) is 2. The molecular formula is C11H15BrN2OS. The zero-order chi connectivity index (χ0) is 11.4. The molecule has 1 aliphatic rings. The highest BCUT2D eigenvalue weighted by Gasteiger charge is 2.22. The molecule has 0 aliphatic heterocycles. The molecular weight excluding hydrogens is 288 g/mol. The minimum Gasteiger partial charge on any atom is -0.353 e. The minimum atomic E-state index is 0.169. The van der Waals surface area contributed by atoms with E-state index in [2.05, 4.69) is 32.6 Å². The third-order valence-electron chi connectivity index (χ3n) is 2.40. The molecule has 0 radical (unpaired) electrons. The summed E-state index contributed by atoms with van der Waals surface area (Å²) >= 11 is 5.15. The van der Waals surface area contributed by atoms with Crippen LogP contribution >= 0.6 is 27.3 Å². The lowest BCUT2D eigenvalue weighted by atomic mass is 10.3. The van der Waals surface area contributed by atoms with Crippen LogP contribution in [-0.2, 0) is 11.3 Å². The number of hydrogen-bond acceptors (Lipinski definition) is 3. The van der Waals surface area contributed by atoms with Crippen LogP contribution in [0.1, 0.15) is 24.1 Å². The number of amides is 1. The van der Waals surface area contributed by atoms with Gasteiger partial charge in [0.15, 0.2) is 0 Å². The van der Waals surface area contributed by atoms with Crippen LogP contribution < -0.4 is 10.6 Å². The Balaban J connectivity index is 1.55. The molecule has 0 unspecified atom stereocenters. The molecule has 16 heavy (non-hydrogen) atoms. The molecule has 0 saturated heterocycles.